The maximum absolute atomic E-state index is 13.0. The first kappa shape index (κ1) is 17.9. The van der Waals surface area contributed by atoms with Crippen LogP contribution in [-0.4, -0.2) is 35.0 Å². The van der Waals surface area contributed by atoms with Crippen molar-refractivity contribution in [2.24, 2.45) is 17.6 Å². The molecule has 2 rings (SSSR count). The van der Waals surface area contributed by atoms with Crippen LogP contribution < -0.4 is 5.73 Å². The first-order valence-corrected chi connectivity index (χ1v) is 8.42. The van der Waals surface area contributed by atoms with E-state index in [9.17, 15) is 14.3 Å². The minimum atomic E-state index is -0.615. The number of aliphatic hydroxyl groups is 1. The second-order valence-electron chi connectivity index (χ2n) is 6.57. The molecule has 128 valence electrons. The highest BCUT2D eigenvalue weighted by Crippen LogP contribution is 2.31. The van der Waals surface area contributed by atoms with Gasteiger partial charge in [0.1, 0.15) is 5.82 Å². The Morgan fingerprint density at radius 3 is 2.43 bits per heavy atom. The fourth-order valence-corrected chi connectivity index (χ4v) is 3.08. The molecule has 1 fully saturated rings. The molecule has 3 atom stereocenters. The number of aliphatic hydroxyl groups excluding tert-OH is 1. The highest BCUT2D eigenvalue weighted by atomic mass is 19.1. The van der Waals surface area contributed by atoms with Gasteiger partial charge in [0, 0.05) is 13.1 Å². The van der Waals surface area contributed by atoms with Gasteiger partial charge in [-0.25, -0.2) is 4.39 Å². The van der Waals surface area contributed by atoms with Crippen molar-refractivity contribution in [1.29, 1.82) is 0 Å². The summed E-state index contributed by atoms with van der Waals surface area (Å²) in [7, 11) is 0. The van der Waals surface area contributed by atoms with Crippen molar-refractivity contribution in [3.8, 4) is 0 Å². The van der Waals surface area contributed by atoms with E-state index in [0.29, 0.717) is 13.1 Å². The Balaban J connectivity index is 1.90. The summed E-state index contributed by atoms with van der Waals surface area (Å²) in [5.74, 6) is -0.0381. The van der Waals surface area contributed by atoms with Crippen LogP contribution in [0.15, 0.2) is 24.3 Å². The number of carbonyl (C=O) groups excluding carboxylic acids is 1. The second kappa shape index (κ2) is 7.88. The van der Waals surface area contributed by atoms with Crippen LogP contribution in [0.4, 0.5) is 4.39 Å². The zero-order chi connectivity index (χ0) is 17.0. The molecule has 3 unspecified atom stereocenters. The summed E-state index contributed by atoms with van der Waals surface area (Å²) in [6, 6.07) is 5.52. The third kappa shape index (κ3) is 4.30. The van der Waals surface area contributed by atoms with Crippen LogP contribution in [0.5, 0.6) is 0 Å². The number of piperidine rings is 1. The standard InChI is InChI=1S/C18H27FN2O2/c1-3-12(2)16(20)18(23)21-10-8-14(9-11-21)17(22)13-4-6-15(19)7-5-13/h4-7,12,14,16-17,22H,3,8-11,20H2,1-2H3. The lowest BCUT2D eigenvalue weighted by Crippen LogP contribution is -2.50. The fraction of sp³-hybridized carbons (Fsp3) is 0.611. The van der Waals surface area contributed by atoms with Crippen molar-refractivity contribution in [2.45, 2.75) is 45.3 Å². The number of likely N-dealkylation sites (tertiary alicyclic amines) is 1. The zero-order valence-corrected chi connectivity index (χ0v) is 13.9. The molecule has 1 aliphatic heterocycles. The smallest absolute Gasteiger partial charge is 0.239 e. The molecule has 4 nitrogen and oxygen atoms in total. The van der Waals surface area contributed by atoms with Gasteiger partial charge in [0.15, 0.2) is 0 Å². The molecule has 0 radical (unpaired) electrons. The fourth-order valence-electron chi connectivity index (χ4n) is 3.08. The SMILES string of the molecule is CCC(C)C(N)C(=O)N1CCC(C(O)c2ccc(F)cc2)CC1. The molecule has 5 heteroatoms. The lowest BCUT2D eigenvalue weighted by molar-refractivity contribution is -0.135. The second-order valence-corrected chi connectivity index (χ2v) is 6.57. The Bertz CT molecular complexity index is 512. The van der Waals surface area contributed by atoms with E-state index in [1.807, 2.05) is 18.7 Å². The summed E-state index contributed by atoms with van der Waals surface area (Å²) < 4.78 is 13.0. The number of halogens is 1. The van der Waals surface area contributed by atoms with Crippen molar-refractivity contribution in [2.75, 3.05) is 13.1 Å². The summed E-state index contributed by atoms with van der Waals surface area (Å²) in [6.07, 6.45) is 1.73. The summed E-state index contributed by atoms with van der Waals surface area (Å²) in [6.45, 7) is 5.26. The van der Waals surface area contributed by atoms with Crippen molar-refractivity contribution < 1.29 is 14.3 Å². The Kier molecular flexibility index (Phi) is 6.13. The van der Waals surface area contributed by atoms with E-state index in [1.54, 1.807) is 12.1 Å². The van der Waals surface area contributed by atoms with Crippen LogP contribution in [0.2, 0.25) is 0 Å². The van der Waals surface area contributed by atoms with E-state index in [2.05, 4.69) is 0 Å². The van der Waals surface area contributed by atoms with Gasteiger partial charge in [0.05, 0.1) is 12.1 Å². The normalized spacial score (nSPS) is 20.1. The van der Waals surface area contributed by atoms with Gasteiger partial charge in [-0.3, -0.25) is 4.79 Å². The first-order valence-electron chi connectivity index (χ1n) is 8.42. The molecule has 0 spiro atoms. The number of benzene rings is 1. The Morgan fingerprint density at radius 2 is 1.91 bits per heavy atom. The van der Waals surface area contributed by atoms with E-state index in [4.69, 9.17) is 5.73 Å². The predicted molar refractivity (Wildman–Crippen MR) is 88.1 cm³/mol. The number of amides is 1. The predicted octanol–water partition coefficient (Wildman–Crippen LogP) is 2.47. The summed E-state index contributed by atoms with van der Waals surface area (Å²) in [4.78, 5) is 14.2. The Hall–Kier alpha value is -1.46. The number of nitrogens with zero attached hydrogens (tertiary/aromatic N) is 1. The maximum Gasteiger partial charge on any atom is 0.239 e. The molecule has 0 bridgehead atoms. The molecular weight excluding hydrogens is 295 g/mol. The molecule has 1 heterocycles. The Labute approximate surface area is 137 Å². The molecule has 0 aliphatic carbocycles. The van der Waals surface area contributed by atoms with Crippen LogP contribution in [0.25, 0.3) is 0 Å². The van der Waals surface area contributed by atoms with Gasteiger partial charge in [-0.2, -0.15) is 0 Å². The van der Waals surface area contributed by atoms with Gasteiger partial charge in [-0.15, -0.1) is 0 Å². The monoisotopic (exact) mass is 322 g/mol. The third-order valence-electron chi connectivity index (χ3n) is 5.05. The van der Waals surface area contributed by atoms with Crippen LogP contribution in [0.1, 0.15) is 44.8 Å². The van der Waals surface area contributed by atoms with Gasteiger partial charge < -0.3 is 15.7 Å². The van der Waals surface area contributed by atoms with Gasteiger partial charge in [-0.05, 0) is 42.4 Å². The minimum absolute atomic E-state index is 0.00840. The first-order chi connectivity index (χ1) is 10.9. The van der Waals surface area contributed by atoms with Crippen LogP contribution in [0.3, 0.4) is 0 Å². The van der Waals surface area contributed by atoms with Crippen molar-refractivity contribution in [3.05, 3.63) is 35.6 Å². The molecule has 1 aromatic rings. The van der Waals surface area contributed by atoms with E-state index in [0.717, 1.165) is 24.8 Å². The van der Waals surface area contributed by atoms with E-state index in [1.165, 1.54) is 12.1 Å². The summed E-state index contributed by atoms with van der Waals surface area (Å²) >= 11 is 0. The number of hydrogen-bond donors (Lipinski definition) is 2. The number of rotatable bonds is 5. The topological polar surface area (TPSA) is 66.6 Å². The maximum atomic E-state index is 13.0. The zero-order valence-electron chi connectivity index (χ0n) is 13.9. The average molecular weight is 322 g/mol. The number of hydrogen-bond acceptors (Lipinski definition) is 3. The van der Waals surface area contributed by atoms with Crippen molar-refractivity contribution in [1.82, 2.24) is 4.90 Å². The van der Waals surface area contributed by atoms with Gasteiger partial charge in [0.25, 0.3) is 0 Å². The van der Waals surface area contributed by atoms with Gasteiger partial charge in [0.2, 0.25) is 5.91 Å². The van der Waals surface area contributed by atoms with Crippen LogP contribution in [-0.2, 0) is 4.79 Å². The summed E-state index contributed by atoms with van der Waals surface area (Å²) in [5.41, 5.74) is 6.75. The molecular formula is C18H27FN2O2. The minimum Gasteiger partial charge on any atom is -0.388 e. The largest absolute Gasteiger partial charge is 0.388 e. The summed E-state index contributed by atoms with van der Waals surface area (Å²) in [5, 5.41) is 10.4. The molecule has 1 aliphatic rings. The lowest BCUT2D eigenvalue weighted by atomic mass is 9.87. The van der Waals surface area contributed by atoms with Gasteiger partial charge >= 0.3 is 0 Å². The number of nitrogens with two attached hydrogens (primary N) is 1. The molecule has 1 aromatic carbocycles. The molecule has 23 heavy (non-hydrogen) atoms. The van der Waals surface area contributed by atoms with Crippen molar-refractivity contribution in [3.63, 3.8) is 0 Å². The highest BCUT2D eigenvalue weighted by molar-refractivity contribution is 5.82. The van der Waals surface area contributed by atoms with E-state index < -0.39 is 12.1 Å². The Morgan fingerprint density at radius 1 is 1.35 bits per heavy atom. The van der Waals surface area contributed by atoms with E-state index >= 15 is 0 Å². The van der Waals surface area contributed by atoms with Gasteiger partial charge in [-0.1, -0.05) is 32.4 Å². The quantitative estimate of drug-likeness (QED) is 0.875. The molecule has 3 N–H and O–H groups in total. The van der Waals surface area contributed by atoms with E-state index in [-0.39, 0.29) is 23.6 Å². The van der Waals surface area contributed by atoms with Crippen molar-refractivity contribution >= 4 is 5.91 Å². The molecule has 1 saturated heterocycles. The average Bonchev–Trinajstić information content (AvgIpc) is 2.60. The van der Waals surface area contributed by atoms with Crippen LogP contribution >= 0.6 is 0 Å². The number of carbonyl (C=O) groups is 1. The lowest BCUT2D eigenvalue weighted by Gasteiger charge is -2.36. The highest BCUT2D eigenvalue weighted by Gasteiger charge is 2.31. The molecule has 1 amide bonds. The third-order valence-corrected chi connectivity index (χ3v) is 5.05. The molecule has 0 saturated carbocycles. The molecule has 0 aromatic heterocycles. The van der Waals surface area contributed by atoms with Crippen LogP contribution in [0, 0.1) is 17.7 Å².